The minimum absolute atomic E-state index is 0.113. The molecule has 0 aliphatic carbocycles. The van der Waals surface area contributed by atoms with Gasteiger partial charge in [0.15, 0.2) is 0 Å². The Labute approximate surface area is 136 Å². The Bertz CT molecular complexity index is 277. The third kappa shape index (κ3) is 15.5. The second-order valence-electron chi connectivity index (χ2n) is 6.04. The Morgan fingerprint density at radius 1 is 1.00 bits per heavy atom. The zero-order valence-electron chi connectivity index (χ0n) is 14.6. The van der Waals surface area contributed by atoms with Crippen molar-refractivity contribution in [2.45, 2.75) is 96.6 Å². The molecule has 0 fully saturated rings. The van der Waals surface area contributed by atoms with Crippen LogP contribution in [0.15, 0.2) is 12.2 Å². The molecule has 0 aliphatic heterocycles. The minimum atomic E-state index is -0.661. The van der Waals surface area contributed by atoms with Crippen molar-refractivity contribution < 1.29 is 13.9 Å². The third-order valence-corrected chi connectivity index (χ3v) is 3.91. The van der Waals surface area contributed by atoms with Crippen LogP contribution in [-0.4, -0.2) is 19.3 Å². The topological polar surface area (TPSA) is 26.3 Å². The van der Waals surface area contributed by atoms with Gasteiger partial charge in [-0.25, -0.2) is 4.39 Å². The summed E-state index contributed by atoms with van der Waals surface area (Å²) >= 11 is 0. The molecule has 0 aromatic heterocycles. The Morgan fingerprint density at radius 3 is 2.41 bits per heavy atom. The van der Waals surface area contributed by atoms with Gasteiger partial charge in [0, 0.05) is 6.42 Å². The summed E-state index contributed by atoms with van der Waals surface area (Å²) in [4.78, 5) is 10.9. The first-order chi connectivity index (χ1) is 10.7. The lowest BCUT2D eigenvalue weighted by atomic mass is 10.1. The van der Waals surface area contributed by atoms with Gasteiger partial charge in [-0.15, -0.1) is 0 Å². The van der Waals surface area contributed by atoms with E-state index in [0.717, 1.165) is 44.9 Å². The van der Waals surface area contributed by atoms with Crippen molar-refractivity contribution >= 4 is 5.97 Å². The molecule has 0 heterocycles. The zero-order valence-corrected chi connectivity index (χ0v) is 14.6. The molecule has 0 N–H and O–H groups in total. The maximum Gasteiger partial charge on any atom is 0.305 e. The second-order valence-corrected chi connectivity index (χ2v) is 6.04. The Kier molecular flexibility index (Phi) is 15.9. The van der Waals surface area contributed by atoms with Gasteiger partial charge >= 0.3 is 5.97 Å². The first-order valence-electron chi connectivity index (χ1n) is 9.06. The molecule has 0 saturated carbocycles. The van der Waals surface area contributed by atoms with Crippen LogP contribution in [0.1, 0.15) is 90.4 Å². The zero-order chi connectivity index (χ0) is 16.5. The lowest BCUT2D eigenvalue weighted by molar-refractivity contribution is -0.140. The van der Waals surface area contributed by atoms with E-state index in [4.69, 9.17) is 0 Å². The number of carbonyl (C=O) groups is 1. The highest BCUT2D eigenvalue weighted by Crippen LogP contribution is 2.12. The minimum Gasteiger partial charge on any atom is -0.469 e. The van der Waals surface area contributed by atoms with Crippen LogP contribution in [-0.2, 0) is 9.53 Å². The SMILES string of the molecule is CCCCCC[C@@H](F)C/C=C/CCCCCCCC(=O)OC. The molecule has 0 bridgehead atoms. The van der Waals surface area contributed by atoms with Crippen LogP contribution < -0.4 is 0 Å². The number of halogens is 1. The Morgan fingerprint density at radius 2 is 1.68 bits per heavy atom. The van der Waals surface area contributed by atoms with Crippen LogP contribution in [0.25, 0.3) is 0 Å². The van der Waals surface area contributed by atoms with Gasteiger partial charge in [-0.3, -0.25) is 4.79 Å². The average Bonchev–Trinajstić information content (AvgIpc) is 2.53. The predicted octanol–water partition coefficient (Wildman–Crippen LogP) is 6.14. The van der Waals surface area contributed by atoms with Crippen molar-refractivity contribution in [3.8, 4) is 0 Å². The number of carbonyl (C=O) groups excluding carboxylic acids is 1. The monoisotopic (exact) mass is 314 g/mol. The molecule has 130 valence electrons. The summed E-state index contributed by atoms with van der Waals surface area (Å²) in [6.45, 7) is 2.18. The summed E-state index contributed by atoms with van der Waals surface area (Å²) in [7, 11) is 1.43. The number of esters is 1. The second kappa shape index (κ2) is 16.5. The molecule has 0 radical (unpaired) electrons. The molecule has 0 aromatic carbocycles. The van der Waals surface area contributed by atoms with E-state index in [1.807, 2.05) is 6.08 Å². The fourth-order valence-corrected chi connectivity index (χ4v) is 2.44. The van der Waals surface area contributed by atoms with E-state index in [2.05, 4.69) is 17.7 Å². The standard InChI is InChI=1S/C19H35FO2/c1-3-4-5-12-15-18(20)16-13-10-8-6-7-9-11-14-17-19(21)22-2/h10,13,18H,3-9,11-12,14-17H2,1-2H3/b13-10+/t18-/m1/s1. The quantitative estimate of drug-likeness (QED) is 0.206. The average molecular weight is 314 g/mol. The van der Waals surface area contributed by atoms with Gasteiger partial charge in [-0.2, -0.15) is 0 Å². The fourth-order valence-electron chi connectivity index (χ4n) is 2.44. The third-order valence-electron chi connectivity index (χ3n) is 3.91. The fraction of sp³-hybridized carbons (Fsp3) is 0.842. The molecule has 0 spiro atoms. The molecule has 0 rings (SSSR count). The lowest BCUT2D eigenvalue weighted by Gasteiger charge is -2.04. The molecule has 3 heteroatoms. The first-order valence-corrected chi connectivity index (χ1v) is 9.06. The molecule has 0 amide bonds. The largest absolute Gasteiger partial charge is 0.469 e. The van der Waals surface area contributed by atoms with Gasteiger partial charge < -0.3 is 4.74 Å². The van der Waals surface area contributed by atoms with Crippen molar-refractivity contribution in [2.24, 2.45) is 0 Å². The summed E-state index contributed by atoms with van der Waals surface area (Å²) in [6.07, 6.45) is 16.4. The van der Waals surface area contributed by atoms with Crippen molar-refractivity contribution in [3.63, 3.8) is 0 Å². The molecular weight excluding hydrogens is 279 g/mol. The molecule has 0 aliphatic rings. The van der Waals surface area contributed by atoms with Crippen molar-refractivity contribution in [3.05, 3.63) is 12.2 Å². The van der Waals surface area contributed by atoms with Crippen molar-refractivity contribution in [1.29, 1.82) is 0 Å². The molecule has 2 nitrogen and oxygen atoms in total. The van der Waals surface area contributed by atoms with Crippen LogP contribution in [0.3, 0.4) is 0 Å². The predicted molar refractivity (Wildman–Crippen MR) is 91.7 cm³/mol. The van der Waals surface area contributed by atoms with E-state index >= 15 is 0 Å². The van der Waals surface area contributed by atoms with Crippen LogP contribution >= 0.6 is 0 Å². The Balaban J connectivity index is 3.28. The highest BCUT2D eigenvalue weighted by molar-refractivity contribution is 5.68. The van der Waals surface area contributed by atoms with Gasteiger partial charge in [0.25, 0.3) is 0 Å². The van der Waals surface area contributed by atoms with Crippen LogP contribution in [0.2, 0.25) is 0 Å². The number of hydrogen-bond acceptors (Lipinski definition) is 2. The van der Waals surface area contributed by atoms with Gasteiger partial charge in [-0.05, 0) is 32.1 Å². The molecule has 0 aromatic rings. The highest BCUT2D eigenvalue weighted by atomic mass is 19.1. The van der Waals surface area contributed by atoms with E-state index in [-0.39, 0.29) is 5.97 Å². The molecule has 22 heavy (non-hydrogen) atoms. The summed E-state index contributed by atoms with van der Waals surface area (Å²) in [6, 6.07) is 0. The normalized spacial score (nSPS) is 12.7. The maximum atomic E-state index is 13.6. The molecular formula is C19H35FO2. The van der Waals surface area contributed by atoms with Crippen molar-refractivity contribution in [2.75, 3.05) is 7.11 Å². The van der Waals surface area contributed by atoms with E-state index in [1.54, 1.807) is 0 Å². The number of alkyl halides is 1. The van der Waals surface area contributed by atoms with Gasteiger partial charge in [-0.1, -0.05) is 64.0 Å². The molecule has 1 atom stereocenters. The number of unbranched alkanes of at least 4 members (excludes halogenated alkanes) is 8. The van der Waals surface area contributed by atoms with Crippen LogP contribution in [0.4, 0.5) is 4.39 Å². The van der Waals surface area contributed by atoms with E-state index in [0.29, 0.717) is 19.3 Å². The smallest absolute Gasteiger partial charge is 0.305 e. The summed E-state index contributed by atoms with van der Waals surface area (Å²) < 4.78 is 18.1. The number of hydrogen-bond donors (Lipinski definition) is 0. The van der Waals surface area contributed by atoms with Gasteiger partial charge in [0.1, 0.15) is 6.17 Å². The van der Waals surface area contributed by atoms with Crippen molar-refractivity contribution in [1.82, 2.24) is 0 Å². The molecule has 0 saturated heterocycles. The lowest BCUT2D eigenvalue weighted by Crippen LogP contribution is -1.99. The number of ether oxygens (including phenoxy) is 1. The highest BCUT2D eigenvalue weighted by Gasteiger charge is 2.03. The number of allylic oxidation sites excluding steroid dienone is 2. The van der Waals surface area contributed by atoms with E-state index < -0.39 is 6.17 Å². The number of methoxy groups -OCH3 is 1. The molecule has 0 unspecified atom stereocenters. The summed E-state index contributed by atoms with van der Waals surface area (Å²) in [5.41, 5.74) is 0. The summed E-state index contributed by atoms with van der Waals surface area (Å²) in [5, 5.41) is 0. The van der Waals surface area contributed by atoms with E-state index in [1.165, 1.54) is 26.4 Å². The van der Waals surface area contributed by atoms with E-state index in [9.17, 15) is 9.18 Å². The summed E-state index contributed by atoms with van der Waals surface area (Å²) in [5.74, 6) is -0.113. The van der Waals surface area contributed by atoms with Gasteiger partial charge in [0.05, 0.1) is 7.11 Å². The maximum absolute atomic E-state index is 13.6. The van der Waals surface area contributed by atoms with Crippen LogP contribution in [0.5, 0.6) is 0 Å². The first kappa shape index (κ1) is 21.1. The number of rotatable bonds is 15. The van der Waals surface area contributed by atoms with Crippen LogP contribution in [0, 0.1) is 0 Å². The van der Waals surface area contributed by atoms with Gasteiger partial charge in [0.2, 0.25) is 0 Å². The Hall–Kier alpha value is -0.860.